The zero-order valence-corrected chi connectivity index (χ0v) is 15.3. The fourth-order valence-corrected chi connectivity index (χ4v) is 3.71. The second kappa shape index (κ2) is 7.00. The van der Waals surface area contributed by atoms with Crippen molar-refractivity contribution in [2.24, 2.45) is 5.92 Å². The highest BCUT2D eigenvalue weighted by Crippen LogP contribution is 2.49. The molecule has 4 rings (SSSR count). The fraction of sp³-hybridized carbons (Fsp3) is 0.227. The van der Waals surface area contributed by atoms with Gasteiger partial charge in [-0.25, -0.2) is 0 Å². The SMILES string of the molecule is COc1ccc2cc(CNC(=O)C3CC3c3ccccc3Cl)ccc2c1. The highest BCUT2D eigenvalue weighted by molar-refractivity contribution is 6.31. The molecule has 3 aromatic carbocycles. The van der Waals surface area contributed by atoms with Gasteiger partial charge in [-0.3, -0.25) is 4.79 Å². The number of carbonyl (C=O) groups excluding carboxylic acids is 1. The summed E-state index contributed by atoms with van der Waals surface area (Å²) in [6.07, 6.45) is 0.868. The smallest absolute Gasteiger partial charge is 0.224 e. The van der Waals surface area contributed by atoms with E-state index in [0.29, 0.717) is 6.54 Å². The summed E-state index contributed by atoms with van der Waals surface area (Å²) in [5.41, 5.74) is 2.17. The first kappa shape index (κ1) is 16.9. The van der Waals surface area contributed by atoms with Gasteiger partial charge >= 0.3 is 0 Å². The monoisotopic (exact) mass is 365 g/mol. The fourth-order valence-electron chi connectivity index (χ4n) is 3.43. The third kappa shape index (κ3) is 3.40. The molecule has 0 saturated heterocycles. The lowest BCUT2D eigenvalue weighted by Gasteiger charge is -2.08. The van der Waals surface area contributed by atoms with Crippen molar-refractivity contribution in [2.75, 3.05) is 7.11 Å². The predicted octanol–water partition coefficient (Wildman–Crippen LogP) is 4.92. The van der Waals surface area contributed by atoms with Crippen LogP contribution in [0.3, 0.4) is 0 Å². The second-order valence-corrected chi connectivity index (χ2v) is 7.14. The van der Waals surface area contributed by atoms with Gasteiger partial charge in [0, 0.05) is 17.5 Å². The van der Waals surface area contributed by atoms with Crippen LogP contribution in [0.1, 0.15) is 23.5 Å². The van der Waals surface area contributed by atoms with E-state index < -0.39 is 0 Å². The molecule has 3 nitrogen and oxygen atoms in total. The highest BCUT2D eigenvalue weighted by atomic mass is 35.5. The number of nitrogens with one attached hydrogen (secondary N) is 1. The van der Waals surface area contributed by atoms with E-state index in [-0.39, 0.29) is 17.7 Å². The molecule has 0 radical (unpaired) electrons. The number of ether oxygens (including phenoxy) is 1. The number of carbonyl (C=O) groups is 1. The van der Waals surface area contributed by atoms with E-state index in [1.54, 1.807) is 7.11 Å². The number of amides is 1. The van der Waals surface area contributed by atoms with E-state index in [1.807, 2.05) is 48.5 Å². The second-order valence-electron chi connectivity index (χ2n) is 6.74. The standard InChI is InChI=1S/C22H20ClNO2/c1-26-17-9-8-15-10-14(6-7-16(15)11-17)13-24-22(25)20-12-19(20)18-4-2-3-5-21(18)23/h2-11,19-20H,12-13H2,1H3,(H,24,25). The van der Waals surface area contributed by atoms with Gasteiger partial charge in [0.25, 0.3) is 0 Å². The molecule has 2 atom stereocenters. The van der Waals surface area contributed by atoms with E-state index in [9.17, 15) is 4.79 Å². The number of rotatable bonds is 5. The molecular formula is C22H20ClNO2. The van der Waals surface area contributed by atoms with E-state index in [2.05, 4.69) is 17.4 Å². The molecule has 3 aromatic rings. The van der Waals surface area contributed by atoms with Crippen LogP contribution in [0.25, 0.3) is 10.8 Å². The Labute approximate surface area is 157 Å². The van der Waals surface area contributed by atoms with Crippen molar-refractivity contribution in [1.82, 2.24) is 5.32 Å². The summed E-state index contributed by atoms with van der Waals surface area (Å²) >= 11 is 6.24. The van der Waals surface area contributed by atoms with Gasteiger partial charge in [-0.15, -0.1) is 0 Å². The molecule has 0 spiro atoms. The molecule has 0 heterocycles. The molecule has 1 N–H and O–H groups in total. The van der Waals surface area contributed by atoms with E-state index >= 15 is 0 Å². The molecule has 0 bridgehead atoms. The minimum absolute atomic E-state index is 0.0274. The lowest BCUT2D eigenvalue weighted by atomic mass is 10.1. The Balaban J connectivity index is 1.39. The summed E-state index contributed by atoms with van der Waals surface area (Å²) in [6, 6.07) is 20.0. The van der Waals surface area contributed by atoms with Crippen LogP contribution in [-0.4, -0.2) is 13.0 Å². The Morgan fingerprint density at radius 1 is 1.12 bits per heavy atom. The Morgan fingerprint density at radius 3 is 2.69 bits per heavy atom. The van der Waals surface area contributed by atoms with Crippen LogP contribution >= 0.6 is 11.6 Å². The molecule has 1 amide bonds. The van der Waals surface area contributed by atoms with Crippen molar-refractivity contribution in [2.45, 2.75) is 18.9 Å². The average molecular weight is 366 g/mol. The molecule has 4 heteroatoms. The van der Waals surface area contributed by atoms with E-state index in [4.69, 9.17) is 16.3 Å². The molecule has 1 aliphatic carbocycles. The third-order valence-corrected chi connectivity index (χ3v) is 5.35. The van der Waals surface area contributed by atoms with Gasteiger partial charge in [0.15, 0.2) is 0 Å². The summed E-state index contributed by atoms with van der Waals surface area (Å²) in [6.45, 7) is 0.534. The van der Waals surface area contributed by atoms with Crippen molar-refractivity contribution in [1.29, 1.82) is 0 Å². The van der Waals surface area contributed by atoms with Gasteiger partial charge in [0.1, 0.15) is 5.75 Å². The lowest BCUT2D eigenvalue weighted by molar-refractivity contribution is -0.122. The van der Waals surface area contributed by atoms with Crippen molar-refractivity contribution in [3.8, 4) is 5.75 Å². The first-order valence-electron chi connectivity index (χ1n) is 8.74. The first-order valence-corrected chi connectivity index (χ1v) is 9.12. The predicted molar refractivity (Wildman–Crippen MR) is 105 cm³/mol. The molecule has 2 unspecified atom stereocenters. The van der Waals surface area contributed by atoms with Crippen molar-refractivity contribution in [3.05, 3.63) is 76.8 Å². The molecule has 0 aromatic heterocycles. The van der Waals surface area contributed by atoms with Gasteiger partial charge in [-0.05, 0) is 58.5 Å². The Kier molecular flexibility index (Phi) is 4.56. The summed E-state index contributed by atoms with van der Waals surface area (Å²) in [7, 11) is 1.67. The average Bonchev–Trinajstić information content (AvgIpc) is 3.46. The summed E-state index contributed by atoms with van der Waals surface area (Å²) in [4.78, 5) is 12.5. The van der Waals surface area contributed by atoms with Crippen LogP contribution < -0.4 is 10.1 Å². The zero-order valence-electron chi connectivity index (χ0n) is 14.5. The Hall–Kier alpha value is -2.52. The van der Waals surface area contributed by atoms with Gasteiger partial charge in [-0.1, -0.05) is 48.0 Å². The Bertz CT molecular complexity index is 969. The number of benzene rings is 3. The maximum absolute atomic E-state index is 12.5. The van der Waals surface area contributed by atoms with Crippen LogP contribution in [0.4, 0.5) is 0 Å². The number of halogens is 1. The number of hydrogen-bond acceptors (Lipinski definition) is 2. The Morgan fingerprint density at radius 2 is 1.88 bits per heavy atom. The molecule has 1 aliphatic rings. The minimum atomic E-state index is 0.0274. The first-order chi connectivity index (χ1) is 12.7. The maximum Gasteiger partial charge on any atom is 0.224 e. The number of hydrogen-bond donors (Lipinski definition) is 1. The molecule has 1 fully saturated rings. The molecular weight excluding hydrogens is 346 g/mol. The van der Waals surface area contributed by atoms with E-state index in [1.165, 1.54) is 0 Å². The normalized spacial score (nSPS) is 18.5. The molecule has 0 aliphatic heterocycles. The number of fused-ring (bicyclic) bond motifs is 1. The minimum Gasteiger partial charge on any atom is -0.497 e. The molecule has 26 heavy (non-hydrogen) atoms. The highest BCUT2D eigenvalue weighted by Gasteiger charge is 2.44. The quantitative estimate of drug-likeness (QED) is 0.696. The zero-order chi connectivity index (χ0) is 18.1. The van der Waals surface area contributed by atoms with Crippen LogP contribution in [0.2, 0.25) is 5.02 Å². The van der Waals surface area contributed by atoms with Crippen molar-refractivity contribution < 1.29 is 9.53 Å². The van der Waals surface area contributed by atoms with Gasteiger partial charge in [-0.2, -0.15) is 0 Å². The van der Waals surface area contributed by atoms with E-state index in [0.717, 1.165) is 39.1 Å². The summed E-state index contributed by atoms with van der Waals surface area (Å²) in [5.74, 6) is 1.22. The van der Waals surface area contributed by atoms with Gasteiger partial charge < -0.3 is 10.1 Å². The molecule has 132 valence electrons. The van der Waals surface area contributed by atoms with Crippen LogP contribution in [0.5, 0.6) is 5.75 Å². The van der Waals surface area contributed by atoms with Gasteiger partial charge in [0.2, 0.25) is 5.91 Å². The molecule has 1 saturated carbocycles. The summed E-state index contributed by atoms with van der Waals surface area (Å²) < 4.78 is 5.25. The van der Waals surface area contributed by atoms with Crippen LogP contribution in [0.15, 0.2) is 60.7 Å². The largest absolute Gasteiger partial charge is 0.497 e. The van der Waals surface area contributed by atoms with Crippen molar-refractivity contribution >= 4 is 28.3 Å². The van der Waals surface area contributed by atoms with Crippen LogP contribution in [0, 0.1) is 5.92 Å². The summed E-state index contributed by atoms with van der Waals surface area (Å²) in [5, 5.41) is 6.07. The number of methoxy groups -OCH3 is 1. The maximum atomic E-state index is 12.5. The third-order valence-electron chi connectivity index (χ3n) is 5.01. The van der Waals surface area contributed by atoms with Crippen LogP contribution in [-0.2, 0) is 11.3 Å². The van der Waals surface area contributed by atoms with Crippen molar-refractivity contribution in [3.63, 3.8) is 0 Å². The topological polar surface area (TPSA) is 38.3 Å². The lowest BCUT2D eigenvalue weighted by Crippen LogP contribution is -2.24. The van der Waals surface area contributed by atoms with Gasteiger partial charge in [0.05, 0.1) is 7.11 Å².